The van der Waals surface area contributed by atoms with Crippen LogP contribution in [0.15, 0.2) is 36.5 Å². The largest absolute Gasteiger partial charge is 0.389 e. The summed E-state index contributed by atoms with van der Waals surface area (Å²) in [7, 11) is 1.95. The van der Waals surface area contributed by atoms with Crippen LogP contribution in [0.2, 0.25) is 5.02 Å². The van der Waals surface area contributed by atoms with E-state index in [9.17, 15) is 10.2 Å². The summed E-state index contributed by atoms with van der Waals surface area (Å²) in [6.07, 6.45) is 0.0613. The van der Waals surface area contributed by atoms with Crippen molar-refractivity contribution in [2.75, 3.05) is 18.0 Å². The van der Waals surface area contributed by atoms with E-state index in [1.54, 1.807) is 6.20 Å². The second-order valence-corrected chi connectivity index (χ2v) is 6.45. The molecule has 1 aliphatic rings. The van der Waals surface area contributed by atoms with E-state index in [4.69, 9.17) is 11.6 Å². The zero-order valence-corrected chi connectivity index (χ0v) is 13.9. The molecule has 7 heteroatoms. The molecule has 4 rings (SSSR count). The molecule has 3 heterocycles. The highest BCUT2D eigenvalue weighted by atomic mass is 35.5. The second kappa shape index (κ2) is 5.73. The fraction of sp³-hybridized carbons (Fsp3) is 0.294. The summed E-state index contributed by atoms with van der Waals surface area (Å²) in [5.41, 5.74) is 2.70. The van der Waals surface area contributed by atoms with Gasteiger partial charge in [0.2, 0.25) is 0 Å². The molecule has 24 heavy (non-hydrogen) atoms. The van der Waals surface area contributed by atoms with Crippen LogP contribution >= 0.6 is 11.6 Å². The van der Waals surface area contributed by atoms with Crippen LogP contribution in [0.4, 0.5) is 5.82 Å². The molecule has 6 nitrogen and oxygen atoms in total. The Hall–Kier alpha value is -2.15. The van der Waals surface area contributed by atoms with Gasteiger partial charge in [-0.15, -0.1) is 0 Å². The van der Waals surface area contributed by atoms with Gasteiger partial charge in [-0.2, -0.15) is 0 Å². The average molecular weight is 345 g/mol. The third-order valence-corrected chi connectivity index (χ3v) is 4.75. The average Bonchev–Trinajstić information content (AvgIpc) is 3.09. The monoisotopic (exact) mass is 344 g/mol. The number of pyridine rings is 1. The summed E-state index contributed by atoms with van der Waals surface area (Å²) < 4.78 is 1.99. The highest BCUT2D eigenvalue weighted by Crippen LogP contribution is 2.32. The van der Waals surface area contributed by atoms with Crippen molar-refractivity contribution in [1.82, 2.24) is 14.5 Å². The topological polar surface area (TPSA) is 74.4 Å². The lowest BCUT2D eigenvalue weighted by atomic mass is 10.2. The molecule has 0 spiro atoms. The summed E-state index contributed by atoms with van der Waals surface area (Å²) in [4.78, 5) is 10.9. The van der Waals surface area contributed by atoms with E-state index < -0.39 is 12.2 Å². The number of aryl methyl sites for hydroxylation is 1. The van der Waals surface area contributed by atoms with E-state index in [1.165, 1.54) is 0 Å². The van der Waals surface area contributed by atoms with Gasteiger partial charge in [0.1, 0.15) is 11.6 Å². The van der Waals surface area contributed by atoms with Crippen LogP contribution in [0.1, 0.15) is 0 Å². The molecular weight excluding hydrogens is 328 g/mol. The molecule has 0 bridgehead atoms. The van der Waals surface area contributed by atoms with Gasteiger partial charge in [-0.25, -0.2) is 9.97 Å². The van der Waals surface area contributed by atoms with Crippen molar-refractivity contribution in [3.63, 3.8) is 0 Å². The van der Waals surface area contributed by atoms with Crippen molar-refractivity contribution in [2.45, 2.75) is 12.2 Å². The minimum absolute atomic E-state index is 0.345. The maximum absolute atomic E-state index is 9.75. The number of β-amino-alcohol motifs (C(OH)–C–C–N with tert-alkyl or cyclic N) is 2. The molecule has 0 unspecified atom stereocenters. The molecule has 124 valence electrons. The molecule has 0 radical (unpaired) electrons. The molecule has 1 saturated heterocycles. The van der Waals surface area contributed by atoms with Gasteiger partial charge in [0, 0.05) is 31.9 Å². The van der Waals surface area contributed by atoms with Crippen LogP contribution in [0.5, 0.6) is 0 Å². The Kier molecular flexibility index (Phi) is 3.68. The van der Waals surface area contributed by atoms with Crippen LogP contribution in [0.3, 0.4) is 0 Å². The molecule has 2 atom stereocenters. The predicted octanol–water partition coefficient (Wildman–Crippen LogP) is 1.83. The van der Waals surface area contributed by atoms with Crippen LogP contribution in [0.25, 0.3) is 22.4 Å². The van der Waals surface area contributed by atoms with Gasteiger partial charge in [0.05, 0.1) is 28.3 Å². The standard InChI is InChI=1S/C17H17ClN4O2/c1-21-13-5-3-2-4-12(13)20-17(21)10-6-16(19-7-11(10)18)22-8-14(23)15(24)9-22/h2-7,14-15,23-24H,8-9H2,1H3/t14-,15+. The van der Waals surface area contributed by atoms with Crippen molar-refractivity contribution in [3.8, 4) is 11.4 Å². The summed E-state index contributed by atoms with van der Waals surface area (Å²) in [6, 6.07) is 9.75. The maximum Gasteiger partial charge on any atom is 0.142 e. The fourth-order valence-corrected chi connectivity index (χ4v) is 3.30. The maximum atomic E-state index is 9.75. The molecule has 2 aromatic heterocycles. The Balaban J connectivity index is 1.80. The SMILES string of the molecule is Cn1c(-c2cc(N3C[C@@H](O)[C@@H](O)C3)ncc2Cl)nc2ccccc21. The molecule has 1 aromatic carbocycles. The molecular formula is C17H17ClN4O2. The Morgan fingerprint density at radius 1 is 1.17 bits per heavy atom. The number of para-hydroxylation sites is 2. The number of hydrogen-bond donors (Lipinski definition) is 2. The van der Waals surface area contributed by atoms with E-state index in [1.807, 2.05) is 46.8 Å². The molecule has 3 aromatic rings. The predicted molar refractivity (Wildman–Crippen MR) is 93.2 cm³/mol. The number of hydrogen-bond acceptors (Lipinski definition) is 5. The third-order valence-electron chi connectivity index (χ3n) is 4.45. The number of aromatic nitrogens is 3. The van der Waals surface area contributed by atoms with E-state index in [0.29, 0.717) is 23.9 Å². The first-order chi connectivity index (χ1) is 11.5. The van der Waals surface area contributed by atoms with Gasteiger partial charge in [0.25, 0.3) is 0 Å². The van der Waals surface area contributed by atoms with E-state index >= 15 is 0 Å². The van der Waals surface area contributed by atoms with Crippen molar-refractivity contribution >= 4 is 28.5 Å². The number of benzene rings is 1. The number of aliphatic hydroxyl groups is 2. The number of imidazole rings is 1. The van der Waals surface area contributed by atoms with Gasteiger partial charge in [-0.05, 0) is 18.2 Å². The molecule has 0 saturated carbocycles. The lowest BCUT2D eigenvalue weighted by Crippen LogP contribution is -2.22. The third kappa shape index (κ3) is 2.43. The van der Waals surface area contributed by atoms with Gasteiger partial charge in [-0.3, -0.25) is 0 Å². The first-order valence-corrected chi connectivity index (χ1v) is 8.11. The zero-order valence-electron chi connectivity index (χ0n) is 13.1. The lowest BCUT2D eigenvalue weighted by molar-refractivity contribution is 0.0572. The summed E-state index contributed by atoms with van der Waals surface area (Å²) in [5.74, 6) is 1.42. The quantitative estimate of drug-likeness (QED) is 0.742. The number of aliphatic hydroxyl groups excluding tert-OH is 2. The van der Waals surface area contributed by atoms with Crippen LogP contribution in [0, 0.1) is 0 Å². The van der Waals surface area contributed by atoms with E-state index in [2.05, 4.69) is 9.97 Å². The minimum atomic E-state index is -0.762. The Bertz CT molecular complexity index is 901. The number of halogens is 1. The summed E-state index contributed by atoms with van der Waals surface area (Å²) in [5, 5.41) is 20.0. The number of fused-ring (bicyclic) bond motifs is 1. The normalized spacial score (nSPS) is 20.9. The summed E-state index contributed by atoms with van der Waals surface area (Å²) >= 11 is 6.36. The highest BCUT2D eigenvalue weighted by molar-refractivity contribution is 6.33. The fourth-order valence-electron chi connectivity index (χ4n) is 3.11. The molecule has 1 aliphatic heterocycles. The van der Waals surface area contributed by atoms with Gasteiger partial charge in [0.15, 0.2) is 0 Å². The Labute approximate surface area is 143 Å². The molecule has 1 fully saturated rings. The second-order valence-electron chi connectivity index (χ2n) is 6.05. The van der Waals surface area contributed by atoms with Crippen molar-refractivity contribution in [2.24, 2.45) is 7.05 Å². The molecule has 0 amide bonds. The van der Waals surface area contributed by atoms with Crippen LogP contribution in [-0.4, -0.2) is 50.0 Å². The highest BCUT2D eigenvalue weighted by Gasteiger charge is 2.30. The number of rotatable bonds is 2. The Morgan fingerprint density at radius 2 is 1.88 bits per heavy atom. The Morgan fingerprint density at radius 3 is 2.58 bits per heavy atom. The van der Waals surface area contributed by atoms with Crippen LogP contribution in [-0.2, 0) is 7.05 Å². The first kappa shape index (κ1) is 15.4. The van der Waals surface area contributed by atoms with Crippen molar-refractivity contribution in [3.05, 3.63) is 41.6 Å². The van der Waals surface area contributed by atoms with E-state index in [0.717, 1.165) is 22.4 Å². The summed E-state index contributed by atoms with van der Waals surface area (Å²) in [6.45, 7) is 0.690. The van der Waals surface area contributed by atoms with Gasteiger partial charge in [-0.1, -0.05) is 23.7 Å². The number of nitrogens with zero attached hydrogens (tertiary/aromatic N) is 4. The van der Waals surface area contributed by atoms with Crippen LogP contribution < -0.4 is 4.90 Å². The van der Waals surface area contributed by atoms with Crippen molar-refractivity contribution in [1.29, 1.82) is 0 Å². The van der Waals surface area contributed by atoms with Gasteiger partial charge < -0.3 is 19.7 Å². The van der Waals surface area contributed by atoms with Gasteiger partial charge >= 0.3 is 0 Å². The smallest absolute Gasteiger partial charge is 0.142 e. The zero-order chi connectivity index (χ0) is 16.8. The molecule has 2 N–H and O–H groups in total. The lowest BCUT2D eigenvalue weighted by Gasteiger charge is -2.17. The van der Waals surface area contributed by atoms with E-state index in [-0.39, 0.29) is 0 Å². The first-order valence-electron chi connectivity index (χ1n) is 7.73. The van der Waals surface area contributed by atoms with Crippen molar-refractivity contribution < 1.29 is 10.2 Å². The minimum Gasteiger partial charge on any atom is -0.389 e. The molecule has 0 aliphatic carbocycles. The number of anilines is 1.